The first kappa shape index (κ1) is 28.6. The monoisotopic (exact) mass is 541 g/mol. The van der Waals surface area contributed by atoms with Gasteiger partial charge in [-0.15, -0.1) is 0 Å². The maximum atomic E-state index is 13.8. The van der Waals surface area contributed by atoms with Crippen molar-refractivity contribution in [3.8, 4) is 5.75 Å². The third kappa shape index (κ3) is 6.89. The summed E-state index contributed by atoms with van der Waals surface area (Å²) in [6.07, 6.45) is 0. The van der Waals surface area contributed by atoms with Crippen molar-refractivity contribution in [2.75, 3.05) is 24.5 Å². The molecule has 0 saturated heterocycles. The third-order valence-electron chi connectivity index (χ3n) is 6.01. The normalized spacial score (nSPS) is 11.9. The molecule has 3 rings (SSSR count). The summed E-state index contributed by atoms with van der Waals surface area (Å²) in [5.74, 6) is -0.947. The number of methoxy groups -OCH3 is 1. The zero-order chi connectivity index (χ0) is 27.9. The Morgan fingerprint density at radius 1 is 1.03 bits per heavy atom. The van der Waals surface area contributed by atoms with Crippen molar-refractivity contribution in [3.05, 3.63) is 89.7 Å². The van der Waals surface area contributed by atoms with Crippen LogP contribution in [-0.2, 0) is 26.2 Å². The minimum absolute atomic E-state index is 0.0173. The Hall–Kier alpha value is -3.92. The van der Waals surface area contributed by atoms with Gasteiger partial charge in [-0.25, -0.2) is 12.8 Å². The highest BCUT2D eigenvalue weighted by Crippen LogP contribution is 2.25. The quantitative estimate of drug-likeness (QED) is 0.397. The number of hydrogen-bond donors (Lipinski definition) is 1. The summed E-state index contributed by atoms with van der Waals surface area (Å²) in [4.78, 5) is 27.8. The molecule has 0 aromatic heterocycles. The Morgan fingerprint density at radius 2 is 1.68 bits per heavy atom. The fraction of sp³-hybridized carbons (Fsp3) is 0.286. The first-order valence-corrected chi connectivity index (χ1v) is 13.6. The smallest absolute Gasteiger partial charge is 0.264 e. The number of carbonyl (C=O) groups excluding carboxylic acids is 2. The Kier molecular flexibility index (Phi) is 9.46. The topological polar surface area (TPSA) is 96.0 Å². The number of ether oxygens (including phenoxy) is 1. The highest BCUT2D eigenvalue weighted by molar-refractivity contribution is 7.92. The molecular formula is C28H32FN3O5S. The summed E-state index contributed by atoms with van der Waals surface area (Å²) in [5, 5.41) is 2.71. The lowest BCUT2D eigenvalue weighted by atomic mass is 10.1. The fourth-order valence-corrected chi connectivity index (χ4v) is 5.26. The number of hydrogen-bond acceptors (Lipinski definition) is 5. The Labute approximate surface area is 223 Å². The van der Waals surface area contributed by atoms with E-state index in [1.54, 1.807) is 50.2 Å². The SMILES string of the molecule is CCNC(=O)[C@@H](C)N(Cc1cccc(OC)c1)C(=O)CN(c1ccc(F)cc1)S(=O)(=O)c1ccc(C)cc1. The Morgan fingerprint density at radius 3 is 2.29 bits per heavy atom. The molecule has 38 heavy (non-hydrogen) atoms. The number of nitrogens with one attached hydrogen (secondary N) is 1. The molecule has 0 radical (unpaired) electrons. The van der Waals surface area contributed by atoms with Crippen LogP contribution in [0.4, 0.5) is 10.1 Å². The van der Waals surface area contributed by atoms with Crippen LogP contribution in [-0.4, -0.2) is 51.4 Å². The number of anilines is 1. The maximum Gasteiger partial charge on any atom is 0.264 e. The minimum atomic E-state index is -4.21. The van der Waals surface area contributed by atoms with E-state index in [1.807, 2.05) is 6.92 Å². The lowest BCUT2D eigenvalue weighted by molar-refractivity contribution is -0.139. The first-order chi connectivity index (χ1) is 18.1. The average Bonchev–Trinajstić information content (AvgIpc) is 2.91. The second kappa shape index (κ2) is 12.6. The van der Waals surface area contributed by atoms with E-state index in [2.05, 4.69) is 5.32 Å². The summed E-state index contributed by atoms with van der Waals surface area (Å²) >= 11 is 0. The van der Waals surface area contributed by atoms with Gasteiger partial charge in [-0.2, -0.15) is 0 Å². The van der Waals surface area contributed by atoms with Crippen molar-refractivity contribution >= 4 is 27.5 Å². The fourth-order valence-electron chi connectivity index (χ4n) is 3.85. The summed E-state index contributed by atoms with van der Waals surface area (Å²) in [6, 6.07) is 17.2. The molecule has 2 amide bonds. The van der Waals surface area contributed by atoms with E-state index in [0.29, 0.717) is 17.9 Å². The van der Waals surface area contributed by atoms with Crippen LogP contribution >= 0.6 is 0 Å². The van der Waals surface area contributed by atoms with Gasteiger partial charge < -0.3 is 15.0 Å². The van der Waals surface area contributed by atoms with Crippen molar-refractivity contribution in [2.24, 2.45) is 0 Å². The molecule has 0 bridgehead atoms. The van der Waals surface area contributed by atoms with E-state index in [4.69, 9.17) is 4.74 Å². The van der Waals surface area contributed by atoms with Crippen molar-refractivity contribution in [2.45, 2.75) is 38.3 Å². The van der Waals surface area contributed by atoms with Gasteiger partial charge in [-0.3, -0.25) is 13.9 Å². The zero-order valence-electron chi connectivity index (χ0n) is 21.8. The van der Waals surface area contributed by atoms with Gasteiger partial charge in [0.05, 0.1) is 17.7 Å². The molecule has 0 unspecified atom stereocenters. The number of carbonyl (C=O) groups is 2. The zero-order valence-corrected chi connectivity index (χ0v) is 22.7. The predicted octanol–water partition coefficient (Wildman–Crippen LogP) is 3.89. The molecular weight excluding hydrogens is 509 g/mol. The molecule has 202 valence electrons. The summed E-state index contributed by atoms with van der Waals surface area (Å²) in [7, 11) is -2.69. The van der Waals surface area contributed by atoms with Crippen LogP contribution in [0.2, 0.25) is 0 Å². The third-order valence-corrected chi connectivity index (χ3v) is 7.80. The second-order valence-corrected chi connectivity index (χ2v) is 10.6. The second-order valence-electron chi connectivity index (χ2n) is 8.74. The molecule has 1 N–H and O–H groups in total. The van der Waals surface area contributed by atoms with Crippen molar-refractivity contribution in [1.29, 1.82) is 0 Å². The standard InChI is InChI=1S/C28H32FN3O5S/c1-5-30-28(34)21(3)31(18-22-7-6-8-25(17-22)37-4)27(33)19-32(24-13-11-23(29)12-14-24)38(35,36)26-15-9-20(2)10-16-26/h6-17,21H,5,18-19H2,1-4H3,(H,30,34)/t21-/m1/s1. The molecule has 3 aromatic rings. The summed E-state index contributed by atoms with van der Waals surface area (Å²) in [6.45, 7) is 4.99. The van der Waals surface area contributed by atoms with Gasteiger partial charge in [-0.05, 0) is 74.9 Å². The molecule has 1 atom stereocenters. The lowest BCUT2D eigenvalue weighted by Crippen LogP contribution is -2.51. The molecule has 0 saturated carbocycles. The van der Waals surface area contributed by atoms with Crippen LogP contribution in [0.5, 0.6) is 5.75 Å². The number of nitrogens with zero attached hydrogens (tertiary/aromatic N) is 2. The van der Waals surface area contributed by atoms with E-state index in [1.165, 1.54) is 36.3 Å². The van der Waals surface area contributed by atoms with Crippen molar-refractivity contribution in [3.63, 3.8) is 0 Å². The van der Waals surface area contributed by atoms with Crippen LogP contribution in [0.15, 0.2) is 77.7 Å². The van der Waals surface area contributed by atoms with Gasteiger partial charge in [-0.1, -0.05) is 29.8 Å². The van der Waals surface area contributed by atoms with E-state index in [-0.39, 0.29) is 23.0 Å². The van der Waals surface area contributed by atoms with Gasteiger partial charge >= 0.3 is 0 Å². The Bertz CT molecular complexity index is 1360. The number of rotatable bonds is 11. The predicted molar refractivity (Wildman–Crippen MR) is 144 cm³/mol. The highest BCUT2D eigenvalue weighted by Gasteiger charge is 2.32. The molecule has 0 fully saturated rings. The molecule has 0 aliphatic heterocycles. The van der Waals surface area contributed by atoms with Gasteiger partial charge in [0, 0.05) is 13.1 Å². The van der Waals surface area contributed by atoms with E-state index in [9.17, 15) is 22.4 Å². The molecule has 0 aliphatic carbocycles. The van der Waals surface area contributed by atoms with Crippen LogP contribution in [0.1, 0.15) is 25.0 Å². The van der Waals surface area contributed by atoms with Gasteiger partial charge in [0.25, 0.3) is 10.0 Å². The molecule has 10 heteroatoms. The van der Waals surface area contributed by atoms with Gasteiger partial charge in [0.15, 0.2) is 0 Å². The molecule has 3 aromatic carbocycles. The van der Waals surface area contributed by atoms with Crippen LogP contribution in [0.3, 0.4) is 0 Å². The largest absolute Gasteiger partial charge is 0.497 e. The summed E-state index contributed by atoms with van der Waals surface area (Å²) < 4.78 is 47.3. The number of sulfonamides is 1. The first-order valence-electron chi connectivity index (χ1n) is 12.1. The number of aryl methyl sites for hydroxylation is 1. The highest BCUT2D eigenvalue weighted by atomic mass is 32.2. The Balaban J connectivity index is 2.02. The summed E-state index contributed by atoms with van der Waals surface area (Å²) in [5.41, 5.74) is 1.68. The van der Waals surface area contributed by atoms with Crippen molar-refractivity contribution in [1.82, 2.24) is 10.2 Å². The average molecular weight is 542 g/mol. The van der Waals surface area contributed by atoms with Crippen LogP contribution in [0.25, 0.3) is 0 Å². The molecule has 0 spiro atoms. The van der Waals surface area contributed by atoms with Gasteiger partial charge in [0.1, 0.15) is 24.2 Å². The van der Waals surface area contributed by atoms with Crippen molar-refractivity contribution < 1.29 is 27.1 Å². The number of benzene rings is 3. The minimum Gasteiger partial charge on any atom is -0.497 e. The molecule has 0 heterocycles. The van der Waals surface area contributed by atoms with Crippen LogP contribution < -0.4 is 14.4 Å². The maximum absolute atomic E-state index is 13.8. The number of likely N-dealkylation sites (N-methyl/N-ethyl adjacent to an activating group) is 1. The van der Waals surface area contributed by atoms with E-state index in [0.717, 1.165) is 22.0 Å². The number of halogens is 1. The lowest BCUT2D eigenvalue weighted by Gasteiger charge is -2.32. The van der Waals surface area contributed by atoms with Gasteiger partial charge in [0.2, 0.25) is 11.8 Å². The van der Waals surface area contributed by atoms with E-state index >= 15 is 0 Å². The van der Waals surface area contributed by atoms with E-state index < -0.39 is 34.3 Å². The molecule has 0 aliphatic rings. The number of amides is 2. The van der Waals surface area contributed by atoms with Crippen LogP contribution in [0, 0.1) is 12.7 Å². The molecule has 8 nitrogen and oxygen atoms in total.